The van der Waals surface area contributed by atoms with Crippen LogP contribution >= 0.6 is 0 Å². The van der Waals surface area contributed by atoms with E-state index in [9.17, 15) is 0 Å². The van der Waals surface area contributed by atoms with Gasteiger partial charge in [-0.15, -0.1) is 0 Å². The van der Waals surface area contributed by atoms with Crippen LogP contribution in [0.1, 0.15) is 5.56 Å². The molecule has 3 N–H and O–H groups in total. The van der Waals surface area contributed by atoms with Crippen LogP contribution in [-0.2, 0) is 0 Å². The maximum absolute atomic E-state index is 8.53. The van der Waals surface area contributed by atoms with Crippen LogP contribution in [0.4, 0.5) is 0 Å². The van der Waals surface area contributed by atoms with E-state index < -0.39 is 0 Å². The van der Waals surface area contributed by atoms with E-state index in [1.54, 1.807) is 24.8 Å². The van der Waals surface area contributed by atoms with Gasteiger partial charge in [0, 0.05) is 29.1 Å². The summed E-state index contributed by atoms with van der Waals surface area (Å²) in [4.78, 5) is 4.00. The fourth-order valence-corrected chi connectivity index (χ4v) is 1.22. The maximum atomic E-state index is 8.53. The Hall–Kier alpha value is -2.30. The Balaban J connectivity index is 2.44. The highest BCUT2D eigenvalue weighted by Gasteiger charge is 2.04. The fourth-order valence-electron chi connectivity index (χ4n) is 1.22. The third-order valence-corrected chi connectivity index (χ3v) is 2.00. The SMILES string of the molecule is N/C(=N/O)c1cncc(-c2ccoc2)c1. The summed E-state index contributed by atoms with van der Waals surface area (Å²) in [6.45, 7) is 0. The van der Waals surface area contributed by atoms with E-state index >= 15 is 0 Å². The van der Waals surface area contributed by atoms with E-state index in [-0.39, 0.29) is 5.84 Å². The van der Waals surface area contributed by atoms with Crippen LogP contribution < -0.4 is 5.73 Å². The van der Waals surface area contributed by atoms with Crippen molar-refractivity contribution in [3.8, 4) is 11.1 Å². The molecule has 0 aliphatic carbocycles. The number of aromatic nitrogens is 1. The zero-order valence-electron chi connectivity index (χ0n) is 7.79. The third-order valence-electron chi connectivity index (χ3n) is 2.00. The van der Waals surface area contributed by atoms with Gasteiger partial charge in [0.2, 0.25) is 0 Å². The lowest BCUT2D eigenvalue weighted by molar-refractivity contribution is 0.318. The molecule has 5 heteroatoms. The fraction of sp³-hybridized carbons (Fsp3) is 0. The molecule has 0 aliphatic rings. The highest BCUT2D eigenvalue weighted by molar-refractivity contribution is 5.97. The van der Waals surface area contributed by atoms with Gasteiger partial charge in [-0.3, -0.25) is 4.98 Å². The molecule has 0 fully saturated rings. The molecule has 0 bridgehead atoms. The molecule has 2 aromatic rings. The first-order valence-electron chi connectivity index (χ1n) is 4.27. The number of hydrogen-bond acceptors (Lipinski definition) is 4. The summed E-state index contributed by atoms with van der Waals surface area (Å²) in [6, 6.07) is 3.58. The zero-order chi connectivity index (χ0) is 10.7. The lowest BCUT2D eigenvalue weighted by Gasteiger charge is -2.00. The third kappa shape index (κ3) is 1.80. The van der Waals surface area contributed by atoms with Crippen molar-refractivity contribution in [2.45, 2.75) is 0 Å². The molecule has 0 radical (unpaired) electrons. The maximum Gasteiger partial charge on any atom is 0.171 e. The minimum absolute atomic E-state index is 0.0350. The average Bonchev–Trinajstić information content (AvgIpc) is 2.82. The minimum atomic E-state index is 0.0350. The van der Waals surface area contributed by atoms with Crippen LogP contribution in [0.15, 0.2) is 46.6 Å². The number of rotatable bonds is 2. The number of furan rings is 1. The highest BCUT2D eigenvalue weighted by atomic mass is 16.4. The Labute approximate surface area is 85.9 Å². The van der Waals surface area contributed by atoms with Crippen molar-refractivity contribution < 1.29 is 9.62 Å². The second-order valence-corrected chi connectivity index (χ2v) is 2.96. The molecular formula is C10H9N3O2. The normalized spacial score (nSPS) is 11.6. The lowest BCUT2D eigenvalue weighted by Crippen LogP contribution is -2.13. The van der Waals surface area contributed by atoms with E-state index in [1.165, 1.54) is 6.20 Å². The summed E-state index contributed by atoms with van der Waals surface area (Å²) in [7, 11) is 0. The van der Waals surface area contributed by atoms with Crippen LogP contribution in [0.2, 0.25) is 0 Å². The zero-order valence-corrected chi connectivity index (χ0v) is 7.79. The van der Waals surface area contributed by atoms with Crippen molar-refractivity contribution in [3.63, 3.8) is 0 Å². The summed E-state index contributed by atoms with van der Waals surface area (Å²) in [5.74, 6) is 0.0350. The average molecular weight is 203 g/mol. The molecule has 0 spiro atoms. The first kappa shape index (κ1) is 9.26. The van der Waals surface area contributed by atoms with E-state index in [0.717, 1.165) is 11.1 Å². The molecule has 5 nitrogen and oxygen atoms in total. The largest absolute Gasteiger partial charge is 0.472 e. The molecule has 2 heterocycles. The van der Waals surface area contributed by atoms with Gasteiger partial charge in [0.15, 0.2) is 5.84 Å². The van der Waals surface area contributed by atoms with Crippen molar-refractivity contribution in [2.75, 3.05) is 0 Å². The Morgan fingerprint density at radius 2 is 2.27 bits per heavy atom. The van der Waals surface area contributed by atoms with Crippen molar-refractivity contribution in [2.24, 2.45) is 10.9 Å². The molecule has 2 aromatic heterocycles. The molecule has 0 saturated carbocycles. The van der Waals surface area contributed by atoms with Gasteiger partial charge >= 0.3 is 0 Å². The molecule has 0 saturated heterocycles. The van der Waals surface area contributed by atoms with Crippen LogP contribution in [0, 0.1) is 0 Å². The summed E-state index contributed by atoms with van der Waals surface area (Å²) < 4.78 is 4.96. The van der Waals surface area contributed by atoms with Gasteiger partial charge in [0.25, 0.3) is 0 Å². The van der Waals surface area contributed by atoms with Crippen molar-refractivity contribution in [1.82, 2.24) is 4.98 Å². The van der Waals surface area contributed by atoms with Crippen molar-refractivity contribution in [3.05, 3.63) is 42.6 Å². The van der Waals surface area contributed by atoms with E-state index in [2.05, 4.69) is 10.1 Å². The first-order valence-corrected chi connectivity index (χ1v) is 4.27. The second-order valence-electron chi connectivity index (χ2n) is 2.96. The topological polar surface area (TPSA) is 84.6 Å². The van der Waals surface area contributed by atoms with Crippen LogP contribution in [0.25, 0.3) is 11.1 Å². The van der Waals surface area contributed by atoms with Gasteiger partial charge in [0.1, 0.15) is 0 Å². The smallest absolute Gasteiger partial charge is 0.171 e. The molecular weight excluding hydrogens is 194 g/mol. The first-order chi connectivity index (χ1) is 7.31. The van der Waals surface area contributed by atoms with Gasteiger partial charge in [-0.1, -0.05) is 5.16 Å². The monoisotopic (exact) mass is 203 g/mol. The van der Waals surface area contributed by atoms with E-state index in [1.807, 2.05) is 6.07 Å². The Kier molecular flexibility index (Phi) is 2.37. The van der Waals surface area contributed by atoms with Gasteiger partial charge in [-0.25, -0.2) is 0 Å². The summed E-state index contributed by atoms with van der Waals surface area (Å²) in [6.07, 6.45) is 6.39. The molecule has 0 atom stereocenters. The molecule has 0 aliphatic heterocycles. The predicted molar refractivity (Wildman–Crippen MR) is 54.4 cm³/mol. The molecule has 0 aromatic carbocycles. The molecule has 0 amide bonds. The summed E-state index contributed by atoms with van der Waals surface area (Å²) in [5, 5.41) is 11.4. The number of pyridine rings is 1. The number of hydrogen-bond donors (Lipinski definition) is 2. The van der Waals surface area contributed by atoms with Gasteiger partial charge in [-0.2, -0.15) is 0 Å². The predicted octanol–water partition coefficient (Wildman–Crippen LogP) is 1.44. The summed E-state index contributed by atoms with van der Waals surface area (Å²) in [5.41, 5.74) is 7.77. The second kappa shape index (κ2) is 3.83. The Morgan fingerprint density at radius 1 is 1.40 bits per heavy atom. The number of amidine groups is 1. The highest BCUT2D eigenvalue weighted by Crippen LogP contribution is 2.19. The standard InChI is InChI=1S/C10H9N3O2/c11-10(13-14)9-3-8(4-12-5-9)7-1-2-15-6-7/h1-6,14H,(H2,11,13). The molecule has 2 rings (SSSR count). The van der Waals surface area contributed by atoms with Crippen LogP contribution in [-0.4, -0.2) is 16.0 Å². The van der Waals surface area contributed by atoms with Gasteiger partial charge in [0.05, 0.1) is 12.5 Å². The molecule has 0 unspecified atom stereocenters. The van der Waals surface area contributed by atoms with Gasteiger partial charge < -0.3 is 15.4 Å². The molecule has 76 valence electrons. The lowest BCUT2D eigenvalue weighted by atomic mass is 10.1. The van der Waals surface area contributed by atoms with E-state index in [4.69, 9.17) is 15.4 Å². The van der Waals surface area contributed by atoms with Crippen LogP contribution in [0.3, 0.4) is 0 Å². The summed E-state index contributed by atoms with van der Waals surface area (Å²) >= 11 is 0. The Bertz CT molecular complexity index is 477. The van der Waals surface area contributed by atoms with Crippen molar-refractivity contribution in [1.29, 1.82) is 0 Å². The molecule has 15 heavy (non-hydrogen) atoms. The Morgan fingerprint density at radius 3 is 2.93 bits per heavy atom. The quantitative estimate of drug-likeness (QED) is 0.334. The van der Waals surface area contributed by atoms with Crippen molar-refractivity contribution >= 4 is 5.84 Å². The van der Waals surface area contributed by atoms with Crippen LogP contribution in [0.5, 0.6) is 0 Å². The number of oxime groups is 1. The van der Waals surface area contributed by atoms with Gasteiger partial charge in [-0.05, 0) is 12.1 Å². The number of nitrogens with zero attached hydrogens (tertiary/aromatic N) is 2. The number of nitrogens with two attached hydrogens (primary N) is 1. The minimum Gasteiger partial charge on any atom is -0.472 e. The van der Waals surface area contributed by atoms with E-state index in [0.29, 0.717) is 5.56 Å².